The fourth-order valence-electron chi connectivity index (χ4n) is 4.48. The van der Waals surface area contributed by atoms with Gasteiger partial charge in [-0.15, -0.1) is 0 Å². The fraction of sp³-hybridized carbons (Fsp3) is 0.259. The Morgan fingerprint density at radius 1 is 0.971 bits per heavy atom. The molecule has 0 amide bonds. The lowest BCUT2D eigenvalue weighted by Gasteiger charge is -2.24. The standard InChI is InChI=1S/C27H32N8/c1-28-22-16-18(10-11-24(22)34(4)15-14-33(2)3)30-27-31-25(20-12-13-29-26(20)32-27)21-17-35(5)23-9-7-6-8-19(21)23/h6-13,16-17,28H,14-15H2,1-5H3,(H2,29,30,31,32). The molecule has 35 heavy (non-hydrogen) atoms. The smallest absolute Gasteiger partial charge is 0.229 e. The van der Waals surface area contributed by atoms with Crippen LogP contribution in [0.1, 0.15) is 0 Å². The maximum Gasteiger partial charge on any atom is 0.229 e. The van der Waals surface area contributed by atoms with E-state index < -0.39 is 0 Å². The third-order valence-electron chi connectivity index (χ3n) is 6.38. The van der Waals surface area contributed by atoms with Crippen LogP contribution < -0.4 is 15.5 Å². The predicted octanol–water partition coefficient (Wildman–Crippen LogP) is 4.90. The van der Waals surface area contributed by atoms with Crippen molar-refractivity contribution in [2.75, 3.05) is 56.8 Å². The minimum atomic E-state index is 0.554. The summed E-state index contributed by atoms with van der Waals surface area (Å²) in [5.74, 6) is 0.554. The summed E-state index contributed by atoms with van der Waals surface area (Å²) >= 11 is 0. The van der Waals surface area contributed by atoms with Crippen LogP contribution in [0.15, 0.2) is 60.9 Å². The molecule has 8 heteroatoms. The van der Waals surface area contributed by atoms with Gasteiger partial charge in [0.15, 0.2) is 0 Å². The van der Waals surface area contributed by atoms with Crippen molar-refractivity contribution in [3.05, 3.63) is 60.9 Å². The summed E-state index contributed by atoms with van der Waals surface area (Å²) in [7, 11) is 10.3. The van der Waals surface area contributed by atoms with E-state index in [4.69, 9.17) is 9.97 Å². The third kappa shape index (κ3) is 4.40. The highest BCUT2D eigenvalue weighted by Gasteiger charge is 2.16. The maximum atomic E-state index is 4.97. The number of nitrogens with one attached hydrogen (secondary N) is 3. The molecule has 0 aliphatic rings. The molecule has 0 fully saturated rings. The zero-order valence-electron chi connectivity index (χ0n) is 20.9. The SMILES string of the molecule is CNc1cc(Nc2nc(-c3cn(C)c4ccccc34)c3cc[nH]c3n2)ccc1N(C)CCN(C)C. The normalized spacial score (nSPS) is 11.5. The second-order valence-corrected chi connectivity index (χ2v) is 9.14. The molecule has 0 saturated heterocycles. The van der Waals surface area contributed by atoms with Gasteiger partial charge in [-0.3, -0.25) is 0 Å². The van der Waals surface area contributed by atoms with Crippen LogP contribution >= 0.6 is 0 Å². The molecule has 0 atom stereocenters. The van der Waals surface area contributed by atoms with Crippen LogP contribution in [0, 0.1) is 0 Å². The number of fused-ring (bicyclic) bond motifs is 2. The predicted molar refractivity (Wildman–Crippen MR) is 147 cm³/mol. The Balaban J connectivity index is 1.51. The quantitative estimate of drug-likeness (QED) is 0.301. The Morgan fingerprint density at radius 2 is 1.80 bits per heavy atom. The number of aryl methyl sites for hydroxylation is 1. The Kier molecular flexibility index (Phi) is 6.05. The Bertz CT molecular complexity index is 1480. The largest absolute Gasteiger partial charge is 0.386 e. The Labute approximate surface area is 205 Å². The van der Waals surface area contributed by atoms with E-state index in [1.165, 1.54) is 10.9 Å². The van der Waals surface area contributed by atoms with Gasteiger partial charge in [-0.25, -0.2) is 4.98 Å². The van der Waals surface area contributed by atoms with E-state index in [0.29, 0.717) is 5.95 Å². The number of hydrogen-bond donors (Lipinski definition) is 3. The van der Waals surface area contributed by atoms with E-state index in [-0.39, 0.29) is 0 Å². The number of benzene rings is 2. The van der Waals surface area contributed by atoms with Crippen LogP contribution in [0.5, 0.6) is 0 Å². The molecule has 0 unspecified atom stereocenters. The van der Waals surface area contributed by atoms with Crippen molar-refractivity contribution in [1.29, 1.82) is 0 Å². The molecule has 8 nitrogen and oxygen atoms in total. The number of nitrogens with zero attached hydrogens (tertiary/aromatic N) is 5. The summed E-state index contributed by atoms with van der Waals surface area (Å²) in [6.45, 7) is 1.93. The summed E-state index contributed by atoms with van der Waals surface area (Å²) in [6, 6.07) is 16.7. The molecule has 0 bridgehead atoms. The minimum Gasteiger partial charge on any atom is -0.386 e. The average molecular weight is 469 g/mol. The van der Waals surface area contributed by atoms with Gasteiger partial charge < -0.3 is 30.0 Å². The van der Waals surface area contributed by atoms with Gasteiger partial charge in [-0.2, -0.15) is 4.98 Å². The molecule has 0 saturated carbocycles. The summed E-state index contributed by atoms with van der Waals surface area (Å²) in [4.78, 5) is 17.4. The van der Waals surface area contributed by atoms with Crippen molar-refractivity contribution in [3.8, 4) is 11.3 Å². The highest BCUT2D eigenvalue weighted by atomic mass is 15.2. The third-order valence-corrected chi connectivity index (χ3v) is 6.38. The Morgan fingerprint density at radius 3 is 2.60 bits per heavy atom. The van der Waals surface area contributed by atoms with Crippen molar-refractivity contribution >= 4 is 44.9 Å². The summed E-state index contributed by atoms with van der Waals surface area (Å²) < 4.78 is 2.14. The van der Waals surface area contributed by atoms with Crippen molar-refractivity contribution < 1.29 is 0 Å². The van der Waals surface area contributed by atoms with Crippen LogP contribution in [0.2, 0.25) is 0 Å². The number of hydrogen-bond acceptors (Lipinski definition) is 6. The van der Waals surface area contributed by atoms with Gasteiger partial charge in [0.1, 0.15) is 5.65 Å². The van der Waals surface area contributed by atoms with Crippen LogP contribution in [0.4, 0.5) is 23.0 Å². The van der Waals surface area contributed by atoms with E-state index in [1.54, 1.807) is 0 Å². The molecule has 0 aliphatic carbocycles. The van der Waals surface area contributed by atoms with E-state index in [1.807, 2.05) is 19.3 Å². The number of para-hydroxylation sites is 1. The molecule has 5 aromatic rings. The molecule has 3 N–H and O–H groups in total. The van der Waals surface area contributed by atoms with Gasteiger partial charge in [0.05, 0.1) is 17.1 Å². The topological polar surface area (TPSA) is 77.0 Å². The molecule has 0 spiro atoms. The average Bonchev–Trinajstić information content (AvgIpc) is 3.46. The van der Waals surface area contributed by atoms with Gasteiger partial charge in [0, 0.05) is 74.2 Å². The van der Waals surface area contributed by atoms with Crippen LogP contribution in [0.25, 0.3) is 33.2 Å². The molecule has 3 aromatic heterocycles. The van der Waals surface area contributed by atoms with Crippen molar-refractivity contribution in [2.45, 2.75) is 0 Å². The van der Waals surface area contributed by atoms with Crippen LogP contribution in [0.3, 0.4) is 0 Å². The maximum absolute atomic E-state index is 4.97. The number of rotatable bonds is 8. The van der Waals surface area contributed by atoms with E-state index >= 15 is 0 Å². The number of H-pyrrole nitrogens is 1. The summed E-state index contributed by atoms with van der Waals surface area (Å²) in [6.07, 6.45) is 4.05. The zero-order valence-corrected chi connectivity index (χ0v) is 20.9. The summed E-state index contributed by atoms with van der Waals surface area (Å²) in [5.41, 5.74) is 7.10. The second kappa shape index (κ2) is 9.31. The molecule has 0 aliphatic heterocycles. The van der Waals surface area contributed by atoms with Gasteiger partial charge in [0.25, 0.3) is 0 Å². The number of anilines is 4. The monoisotopic (exact) mass is 468 g/mol. The van der Waals surface area contributed by atoms with Gasteiger partial charge in [0.2, 0.25) is 5.95 Å². The minimum absolute atomic E-state index is 0.554. The zero-order chi connectivity index (χ0) is 24.5. The van der Waals surface area contributed by atoms with Gasteiger partial charge in [-0.1, -0.05) is 18.2 Å². The van der Waals surface area contributed by atoms with E-state index in [0.717, 1.165) is 52.4 Å². The lowest BCUT2D eigenvalue weighted by atomic mass is 10.1. The molecule has 3 heterocycles. The van der Waals surface area contributed by atoms with Crippen molar-refractivity contribution in [3.63, 3.8) is 0 Å². The lowest BCUT2D eigenvalue weighted by molar-refractivity contribution is 0.416. The molecule has 5 rings (SSSR count). The highest BCUT2D eigenvalue weighted by Crippen LogP contribution is 2.35. The van der Waals surface area contributed by atoms with E-state index in [2.05, 4.69) is 107 Å². The number of aromatic amines is 1. The van der Waals surface area contributed by atoms with Crippen LogP contribution in [-0.4, -0.2) is 65.7 Å². The number of likely N-dealkylation sites (N-methyl/N-ethyl adjacent to an activating group) is 2. The van der Waals surface area contributed by atoms with Crippen molar-refractivity contribution in [2.24, 2.45) is 7.05 Å². The van der Waals surface area contributed by atoms with E-state index in [9.17, 15) is 0 Å². The first-order valence-corrected chi connectivity index (χ1v) is 11.8. The lowest BCUT2D eigenvalue weighted by Crippen LogP contribution is -2.28. The second-order valence-electron chi connectivity index (χ2n) is 9.14. The first-order chi connectivity index (χ1) is 16.9. The van der Waals surface area contributed by atoms with Crippen molar-refractivity contribution in [1.82, 2.24) is 24.4 Å². The van der Waals surface area contributed by atoms with Gasteiger partial charge >= 0.3 is 0 Å². The molecular weight excluding hydrogens is 436 g/mol. The summed E-state index contributed by atoms with van der Waals surface area (Å²) in [5, 5.41) is 8.93. The first kappa shape index (κ1) is 22.7. The Hall–Kier alpha value is -4.04. The fourth-order valence-corrected chi connectivity index (χ4v) is 4.48. The molecular formula is C27H32N8. The molecule has 2 aromatic carbocycles. The van der Waals surface area contributed by atoms with Gasteiger partial charge in [-0.05, 0) is 44.4 Å². The first-order valence-electron chi connectivity index (χ1n) is 11.8. The molecule has 180 valence electrons. The number of aromatic nitrogens is 4. The van der Waals surface area contributed by atoms with Crippen LogP contribution in [-0.2, 0) is 7.05 Å². The molecule has 0 radical (unpaired) electrons. The highest BCUT2D eigenvalue weighted by molar-refractivity contribution is 6.02.